The van der Waals surface area contributed by atoms with Crippen LogP contribution in [0.1, 0.15) is 38.5 Å². The van der Waals surface area contributed by atoms with Crippen molar-refractivity contribution in [2.24, 2.45) is 5.92 Å². The normalized spacial score (nSPS) is 24.9. The largest absolute Gasteiger partial charge is 0.423 e. The Kier molecular flexibility index (Phi) is 4.97. The third-order valence-corrected chi connectivity index (χ3v) is 6.75. The van der Waals surface area contributed by atoms with Gasteiger partial charge in [0.25, 0.3) is 6.01 Å². The Bertz CT molecular complexity index is 788. The van der Waals surface area contributed by atoms with E-state index in [1.165, 1.54) is 12.8 Å². The highest BCUT2D eigenvalue weighted by atomic mass is 16.4. The highest BCUT2D eigenvalue weighted by molar-refractivity contribution is 5.79. The van der Waals surface area contributed by atoms with Crippen LogP contribution in [0.25, 0.3) is 11.1 Å². The summed E-state index contributed by atoms with van der Waals surface area (Å²) in [6.45, 7) is 5.97. The smallest absolute Gasteiger partial charge is 0.298 e. The summed E-state index contributed by atoms with van der Waals surface area (Å²) < 4.78 is 5.94. The number of amides is 1. The van der Waals surface area contributed by atoms with Crippen LogP contribution in [-0.2, 0) is 4.79 Å². The predicted octanol–water partition coefficient (Wildman–Crippen LogP) is 3.13. The Morgan fingerprint density at radius 2 is 1.75 bits per heavy atom. The summed E-state index contributed by atoms with van der Waals surface area (Å²) in [6, 6.07) is 9.29. The summed E-state index contributed by atoms with van der Waals surface area (Å²) in [4.78, 5) is 24.4. The fraction of sp³-hybridized carbons (Fsp3) is 0.636. The lowest BCUT2D eigenvalue weighted by Crippen LogP contribution is -2.51. The average Bonchev–Trinajstić information content (AvgIpc) is 3.43. The van der Waals surface area contributed by atoms with Crippen molar-refractivity contribution in [1.29, 1.82) is 0 Å². The summed E-state index contributed by atoms with van der Waals surface area (Å²) in [6.07, 6.45) is 6.79. The number of nitrogens with zero attached hydrogens (tertiary/aromatic N) is 4. The molecule has 3 saturated heterocycles. The monoisotopic (exact) mass is 382 g/mol. The minimum atomic E-state index is 0.210. The summed E-state index contributed by atoms with van der Waals surface area (Å²) in [5.41, 5.74) is 1.79. The molecule has 5 rings (SSSR count). The summed E-state index contributed by atoms with van der Waals surface area (Å²) in [5.74, 6) is 0.619. The Balaban J connectivity index is 1.18. The van der Waals surface area contributed by atoms with Gasteiger partial charge in [-0.1, -0.05) is 12.1 Å². The number of fused-ring (bicyclic) bond motifs is 1. The molecule has 6 heteroatoms. The second-order valence-corrected chi connectivity index (χ2v) is 8.55. The average molecular weight is 383 g/mol. The molecule has 3 aliphatic rings. The van der Waals surface area contributed by atoms with Crippen LogP contribution < -0.4 is 4.90 Å². The predicted molar refractivity (Wildman–Crippen MR) is 109 cm³/mol. The second kappa shape index (κ2) is 7.74. The number of carbonyl (C=O) groups excluding carboxylic acids is 1. The Labute approximate surface area is 166 Å². The van der Waals surface area contributed by atoms with E-state index in [1.807, 2.05) is 24.3 Å². The molecule has 1 aromatic carbocycles. The van der Waals surface area contributed by atoms with Crippen LogP contribution in [0.2, 0.25) is 0 Å². The van der Waals surface area contributed by atoms with E-state index < -0.39 is 0 Å². The van der Waals surface area contributed by atoms with Crippen LogP contribution >= 0.6 is 0 Å². The zero-order valence-corrected chi connectivity index (χ0v) is 16.6. The maximum absolute atomic E-state index is 12.8. The fourth-order valence-electron chi connectivity index (χ4n) is 5.15. The van der Waals surface area contributed by atoms with Crippen molar-refractivity contribution in [2.75, 3.05) is 44.2 Å². The number of aromatic nitrogens is 1. The number of hydrogen-bond acceptors (Lipinski definition) is 5. The summed E-state index contributed by atoms with van der Waals surface area (Å²) >= 11 is 0. The van der Waals surface area contributed by atoms with E-state index in [2.05, 4.69) is 19.7 Å². The highest BCUT2D eigenvalue weighted by Crippen LogP contribution is 2.29. The van der Waals surface area contributed by atoms with Gasteiger partial charge in [-0.15, -0.1) is 0 Å². The molecule has 2 aromatic rings. The third-order valence-electron chi connectivity index (χ3n) is 6.75. The van der Waals surface area contributed by atoms with Gasteiger partial charge in [0.1, 0.15) is 5.52 Å². The highest BCUT2D eigenvalue weighted by Gasteiger charge is 2.34. The molecule has 0 radical (unpaired) electrons. The van der Waals surface area contributed by atoms with Crippen LogP contribution in [0.15, 0.2) is 28.7 Å². The van der Waals surface area contributed by atoms with E-state index in [0.717, 1.165) is 82.1 Å². The van der Waals surface area contributed by atoms with Gasteiger partial charge in [-0.25, -0.2) is 0 Å². The lowest BCUT2D eigenvalue weighted by atomic mass is 9.93. The SMILES string of the molecule is O=C(C1CCCN(C2CCN(c3nc4ccccc4o3)CC2)C1)N1CCCC1. The van der Waals surface area contributed by atoms with Crippen molar-refractivity contribution in [3.8, 4) is 0 Å². The van der Waals surface area contributed by atoms with E-state index in [0.29, 0.717) is 11.9 Å². The van der Waals surface area contributed by atoms with Crippen molar-refractivity contribution in [2.45, 2.75) is 44.6 Å². The first-order valence-corrected chi connectivity index (χ1v) is 10.9. The maximum atomic E-state index is 12.8. The van der Waals surface area contributed by atoms with Crippen LogP contribution in [0.4, 0.5) is 6.01 Å². The molecule has 150 valence electrons. The molecule has 4 heterocycles. The fourth-order valence-corrected chi connectivity index (χ4v) is 5.15. The lowest BCUT2D eigenvalue weighted by Gasteiger charge is -2.42. The molecule has 0 bridgehead atoms. The molecular formula is C22H30N4O2. The van der Waals surface area contributed by atoms with Crippen LogP contribution in [0, 0.1) is 5.92 Å². The minimum Gasteiger partial charge on any atom is -0.423 e. The van der Waals surface area contributed by atoms with Crippen LogP contribution in [-0.4, -0.2) is 66.0 Å². The topological polar surface area (TPSA) is 52.8 Å². The number of carbonyl (C=O) groups is 1. The van der Waals surface area contributed by atoms with E-state index in [1.54, 1.807) is 0 Å². The molecule has 3 fully saturated rings. The summed E-state index contributed by atoms with van der Waals surface area (Å²) in [5, 5.41) is 0. The van der Waals surface area contributed by atoms with Crippen molar-refractivity contribution < 1.29 is 9.21 Å². The number of anilines is 1. The molecule has 1 unspecified atom stereocenters. The van der Waals surface area contributed by atoms with Gasteiger partial charge < -0.3 is 14.2 Å². The van der Waals surface area contributed by atoms with Crippen LogP contribution in [0.5, 0.6) is 0 Å². The Morgan fingerprint density at radius 3 is 2.54 bits per heavy atom. The van der Waals surface area contributed by atoms with Gasteiger partial charge in [0.05, 0.1) is 5.92 Å². The molecule has 6 nitrogen and oxygen atoms in total. The van der Waals surface area contributed by atoms with Crippen molar-refractivity contribution in [3.63, 3.8) is 0 Å². The lowest BCUT2D eigenvalue weighted by molar-refractivity contribution is -0.136. The summed E-state index contributed by atoms with van der Waals surface area (Å²) in [7, 11) is 0. The molecule has 28 heavy (non-hydrogen) atoms. The van der Waals surface area contributed by atoms with Gasteiger partial charge in [-0.2, -0.15) is 4.98 Å². The standard InChI is InChI=1S/C22H30N4O2/c27-21(24-11-3-4-12-24)17-6-5-13-26(16-17)18-9-14-25(15-10-18)22-23-19-7-1-2-8-20(19)28-22/h1-2,7-8,17-18H,3-6,9-16H2. The number of oxazole rings is 1. The van der Waals surface area contributed by atoms with Gasteiger partial charge in [0, 0.05) is 38.8 Å². The molecule has 3 aliphatic heterocycles. The number of hydrogen-bond donors (Lipinski definition) is 0. The molecule has 0 spiro atoms. The van der Waals surface area contributed by atoms with Crippen molar-refractivity contribution in [1.82, 2.24) is 14.8 Å². The number of benzene rings is 1. The van der Waals surface area contributed by atoms with E-state index >= 15 is 0 Å². The molecule has 1 aromatic heterocycles. The first-order valence-electron chi connectivity index (χ1n) is 10.9. The molecule has 1 atom stereocenters. The number of likely N-dealkylation sites (tertiary alicyclic amines) is 2. The van der Waals surface area contributed by atoms with E-state index in [4.69, 9.17) is 4.42 Å². The Morgan fingerprint density at radius 1 is 0.964 bits per heavy atom. The van der Waals surface area contributed by atoms with E-state index in [-0.39, 0.29) is 5.92 Å². The maximum Gasteiger partial charge on any atom is 0.298 e. The van der Waals surface area contributed by atoms with Gasteiger partial charge in [0.2, 0.25) is 5.91 Å². The zero-order valence-electron chi connectivity index (χ0n) is 16.6. The van der Waals surface area contributed by atoms with Crippen LogP contribution in [0.3, 0.4) is 0 Å². The first-order chi connectivity index (χ1) is 13.8. The van der Waals surface area contributed by atoms with Gasteiger partial charge in [-0.05, 0) is 57.2 Å². The van der Waals surface area contributed by atoms with Crippen molar-refractivity contribution >= 4 is 23.0 Å². The minimum absolute atomic E-state index is 0.210. The first kappa shape index (κ1) is 18.0. The van der Waals surface area contributed by atoms with Gasteiger partial charge >= 0.3 is 0 Å². The number of para-hydroxylation sites is 2. The second-order valence-electron chi connectivity index (χ2n) is 8.55. The Hall–Kier alpha value is -2.08. The molecule has 0 N–H and O–H groups in total. The van der Waals surface area contributed by atoms with Crippen molar-refractivity contribution in [3.05, 3.63) is 24.3 Å². The molecular weight excluding hydrogens is 352 g/mol. The quantitative estimate of drug-likeness (QED) is 0.816. The van der Waals surface area contributed by atoms with E-state index in [9.17, 15) is 4.79 Å². The number of piperidine rings is 2. The van der Waals surface area contributed by atoms with Gasteiger partial charge in [0.15, 0.2) is 5.58 Å². The molecule has 1 amide bonds. The zero-order chi connectivity index (χ0) is 18.9. The third kappa shape index (κ3) is 3.50. The molecule has 0 aliphatic carbocycles. The molecule has 0 saturated carbocycles. The number of rotatable bonds is 3. The van der Waals surface area contributed by atoms with Gasteiger partial charge in [-0.3, -0.25) is 9.69 Å².